The minimum Gasteiger partial charge on any atom is -0.397 e. The SMILES string of the molecule is N#CC(C(=O)Nc1ccccn1)=C(N)C(Cl)(Cl)Cl. The molecule has 5 nitrogen and oxygen atoms in total. The van der Waals surface area contributed by atoms with Crippen molar-refractivity contribution in [2.45, 2.75) is 3.79 Å². The molecule has 1 amide bonds. The summed E-state index contributed by atoms with van der Waals surface area (Å²) in [5, 5.41) is 11.2. The number of amides is 1. The lowest BCUT2D eigenvalue weighted by molar-refractivity contribution is -0.112. The Morgan fingerprint density at radius 2 is 2.11 bits per heavy atom. The average Bonchev–Trinajstić information content (AvgIpc) is 2.29. The normalized spacial score (nSPS) is 12.3. The van der Waals surface area contributed by atoms with Crippen LogP contribution in [0, 0.1) is 11.3 Å². The van der Waals surface area contributed by atoms with Crippen molar-refractivity contribution in [3.05, 3.63) is 35.7 Å². The standard InChI is InChI=1S/C10H7Cl3N4O/c11-10(12,13)8(15)6(5-14)9(18)17-7-3-1-2-4-16-7/h1-4H,15H2,(H,16,17,18). The summed E-state index contributed by atoms with van der Waals surface area (Å²) in [6.45, 7) is 0. The molecular weight excluding hydrogens is 298 g/mol. The number of nitriles is 1. The molecule has 1 heterocycles. The smallest absolute Gasteiger partial charge is 0.269 e. The van der Waals surface area contributed by atoms with Gasteiger partial charge in [0.1, 0.15) is 17.5 Å². The number of nitrogens with two attached hydrogens (primary N) is 1. The lowest BCUT2D eigenvalue weighted by atomic mass is 10.2. The highest BCUT2D eigenvalue weighted by Gasteiger charge is 2.29. The van der Waals surface area contributed by atoms with Crippen LogP contribution < -0.4 is 11.1 Å². The van der Waals surface area contributed by atoms with E-state index in [4.69, 9.17) is 45.8 Å². The lowest BCUT2D eigenvalue weighted by Crippen LogP contribution is -2.25. The average molecular weight is 306 g/mol. The van der Waals surface area contributed by atoms with Crippen LogP contribution in [0.4, 0.5) is 5.82 Å². The molecule has 0 unspecified atom stereocenters. The van der Waals surface area contributed by atoms with Crippen molar-refractivity contribution in [3.8, 4) is 6.07 Å². The van der Waals surface area contributed by atoms with E-state index in [0.717, 1.165) is 0 Å². The zero-order valence-electron chi connectivity index (χ0n) is 8.82. The molecule has 94 valence electrons. The number of pyridine rings is 1. The van der Waals surface area contributed by atoms with Gasteiger partial charge in [-0.15, -0.1) is 0 Å². The molecule has 0 aliphatic rings. The third-order valence-electron chi connectivity index (χ3n) is 1.82. The largest absolute Gasteiger partial charge is 0.397 e. The van der Waals surface area contributed by atoms with Crippen molar-refractivity contribution in [2.24, 2.45) is 5.73 Å². The van der Waals surface area contributed by atoms with Gasteiger partial charge in [0.2, 0.25) is 3.79 Å². The number of nitrogens with one attached hydrogen (secondary N) is 1. The summed E-state index contributed by atoms with van der Waals surface area (Å²) in [6.07, 6.45) is 1.48. The third kappa shape index (κ3) is 3.77. The van der Waals surface area contributed by atoms with Crippen molar-refractivity contribution in [1.29, 1.82) is 5.26 Å². The Morgan fingerprint density at radius 3 is 2.56 bits per heavy atom. The molecular formula is C10H7Cl3N4O. The van der Waals surface area contributed by atoms with Crippen LogP contribution >= 0.6 is 34.8 Å². The first kappa shape index (κ1) is 14.6. The Labute approximate surface area is 118 Å². The summed E-state index contributed by atoms with van der Waals surface area (Å²) in [4.78, 5) is 15.6. The number of halogens is 3. The second-order valence-corrected chi connectivity index (χ2v) is 5.35. The highest BCUT2D eigenvalue weighted by Crippen LogP contribution is 2.33. The molecule has 8 heteroatoms. The Hall–Kier alpha value is -1.48. The molecule has 1 aromatic heterocycles. The van der Waals surface area contributed by atoms with E-state index in [9.17, 15) is 4.79 Å². The summed E-state index contributed by atoms with van der Waals surface area (Å²) < 4.78 is -2.02. The Bertz CT molecular complexity index is 516. The Balaban J connectivity index is 2.99. The molecule has 0 bridgehead atoms. The topological polar surface area (TPSA) is 91.8 Å². The van der Waals surface area contributed by atoms with Crippen molar-refractivity contribution in [3.63, 3.8) is 0 Å². The molecule has 0 saturated heterocycles. The van der Waals surface area contributed by atoms with Gasteiger partial charge in [-0.2, -0.15) is 5.26 Å². The van der Waals surface area contributed by atoms with Crippen molar-refractivity contribution < 1.29 is 4.79 Å². The molecule has 0 radical (unpaired) electrons. The fourth-order valence-electron chi connectivity index (χ4n) is 0.991. The number of rotatable bonds is 2. The van der Waals surface area contributed by atoms with Crippen LogP contribution in [0.5, 0.6) is 0 Å². The first-order chi connectivity index (χ1) is 8.36. The fourth-order valence-corrected chi connectivity index (χ4v) is 1.27. The number of nitrogens with zero attached hydrogens (tertiary/aromatic N) is 2. The van der Waals surface area contributed by atoms with Gasteiger partial charge < -0.3 is 11.1 Å². The highest BCUT2D eigenvalue weighted by atomic mass is 35.6. The van der Waals surface area contributed by atoms with Crippen LogP contribution in [0.15, 0.2) is 35.7 Å². The van der Waals surface area contributed by atoms with E-state index >= 15 is 0 Å². The second kappa shape index (κ2) is 5.91. The summed E-state index contributed by atoms with van der Waals surface area (Å²) in [7, 11) is 0. The molecule has 0 atom stereocenters. The van der Waals surface area contributed by atoms with Crippen molar-refractivity contribution >= 4 is 46.5 Å². The predicted molar refractivity (Wildman–Crippen MR) is 70.0 cm³/mol. The number of hydrogen-bond acceptors (Lipinski definition) is 4. The van der Waals surface area contributed by atoms with E-state index in [1.165, 1.54) is 6.20 Å². The molecule has 3 N–H and O–H groups in total. The van der Waals surface area contributed by atoms with Gasteiger partial charge in [0.05, 0.1) is 5.70 Å². The summed E-state index contributed by atoms with van der Waals surface area (Å²) in [6, 6.07) is 6.47. The molecule has 0 aliphatic carbocycles. The van der Waals surface area contributed by atoms with Gasteiger partial charge in [-0.25, -0.2) is 4.98 Å². The van der Waals surface area contributed by atoms with Gasteiger partial charge in [0.15, 0.2) is 0 Å². The number of hydrogen-bond donors (Lipinski definition) is 2. The van der Waals surface area contributed by atoms with E-state index in [-0.39, 0.29) is 5.82 Å². The molecule has 0 saturated carbocycles. The van der Waals surface area contributed by atoms with Crippen LogP contribution in [-0.4, -0.2) is 14.7 Å². The van der Waals surface area contributed by atoms with Crippen LogP contribution in [0.2, 0.25) is 0 Å². The van der Waals surface area contributed by atoms with E-state index in [0.29, 0.717) is 0 Å². The van der Waals surface area contributed by atoms with Crippen LogP contribution in [0.25, 0.3) is 0 Å². The van der Waals surface area contributed by atoms with Crippen LogP contribution in [0.3, 0.4) is 0 Å². The van der Waals surface area contributed by atoms with Gasteiger partial charge in [0, 0.05) is 6.20 Å². The summed E-state index contributed by atoms with van der Waals surface area (Å²) in [5.74, 6) is -0.535. The first-order valence-corrected chi connectivity index (χ1v) is 5.69. The van der Waals surface area contributed by atoms with E-state index in [1.54, 1.807) is 24.3 Å². The maximum absolute atomic E-state index is 11.7. The van der Waals surface area contributed by atoms with Gasteiger partial charge >= 0.3 is 0 Å². The third-order valence-corrected chi connectivity index (χ3v) is 2.43. The second-order valence-electron chi connectivity index (χ2n) is 3.07. The molecule has 1 aromatic rings. The number of anilines is 1. The Kier molecular flexibility index (Phi) is 4.79. The molecule has 0 aromatic carbocycles. The maximum Gasteiger partial charge on any atom is 0.269 e. The number of carbonyl (C=O) groups is 1. The quantitative estimate of drug-likeness (QED) is 0.497. The predicted octanol–water partition coefficient (Wildman–Crippen LogP) is 2.13. The molecule has 1 rings (SSSR count). The monoisotopic (exact) mass is 304 g/mol. The molecule has 0 spiro atoms. The number of allylic oxidation sites excluding steroid dienone is 1. The van der Waals surface area contributed by atoms with Crippen LogP contribution in [0.1, 0.15) is 0 Å². The fraction of sp³-hybridized carbons (Fsp3) is 0.100. The number of alkyl halides is 3. The van der Waals surface area contributed by atoms with E-state index in [1.807, 2.05) is 0 Å². The molecule has 18 heavy (non-hydrogen) atoms. The van der Waals surface area contributed by atoms with Gasteiger partial charge in [0.25, 0.3) is 5.91 Å². The van der Waals surface area contributed by atoms with Gasteiger partial charge in [-0.3, -0.25) is 4.79 Å². The first-order valence-electron chi connectivity index (χ1n) is 4.55. The van der Waals surface area contributed by atoms with Crippen LogP contribution in [-0.2, 0) is 4.79 Å². The minimum absolute atomic E-state index is 0.257. The van der Waals surface area contributed by atoms with E-state index in [2.05, 4.69) is 10.3 Å². The number of carbonyl (C=O) groups excluding carboxylic acids is 1. The zero-order chi connectivity index (χ0) is 13.8. The summed E-state index contributed by atoms with van der Waals surface area (Å²) >= 11 is 16.5. The van der Waals surface area contributed by atoms with E-state index < -0.39 is 21.0 Å². The summed E-state index contributed by atoms with van der Waals surface area (Å²) in [5.41, 5.74) is 4.53. The van der Waals surface area contributed by atoms with Gasteiger partial charge in [-0.05, 0) is 12.1 Å². The maximum atomic E-state index is 11.7. The molecule has 0 aliphatic heterocycles. The zero-order valence-corrected chi connectivity index (χ0v) is 11.1. The minimum atomic E-state index is -2.02. The highest BCUT2D eigenvalue weighted by molar-refractivity contribution is 6.69. The lowest BCUT2D eigenvalue weighted by Gasteiger charge is -2.13. The van der Waals surface area contributed by atoms with Crippen molar-refractivity contribution in [1.82, 2.24) is 4.98 Å². The Morgan fingerprint density at radius 1 is 1.44 bits per heavy atom. The molecule has 0 fully saturated rings. The number of aromatic nitrogens is 1. The van der Waals surface area contributed by atoms with Gasteiger partial charge in [-0.1, -0.05) is 40.9 Å². The van der Waals surface area contributed by atoms with Crippen molar-refractivity contribution in [2.75, 3.05) is 5.32 Å².